The number of hydrogen-bond donors (Lipinski definition) is 1. The van der Waals surface area contributed by atoms with Gasteiger partial charge in [-0.3, -0.25) is 9.69 Å². The minimum absolute atomic E-state index is 0.0790. The number of aryl methyl sites for hydroxylation is 2. The summed E-state index contributed by atoms with van der Waals surface area (Å²) in [5.74, 6) is 1.77. The Labute approximate surface area is 133 Å². The van der Waals surface area contributed by atoms with Gasteiger partial charge in [0, 0.05) is 18.3 Å². The molecule has 0 amide bonds. The fourth-order valence-electron chi connectivity index (χ4n) is 2.86. The van der Waals surface area contributed by atoms with E-state index in [2.05, 4.69) is 25.0 Å². The number of ether oxygens (including phenoxy) is 1. The van der Waals surface area contributed by atoms with Crippen molar-refractivity contribution in [1.29, 1.82) is 0 Å². The summed E-state index contributed by atoms with van der Waals surface area (Å²) < 4.78 is 11.1. The maximum Gasteiger partial charge on any atom is 0.251 e. The third-order valence-electron chi connectivity index (χ3n) is 3.95. The highest BCUT2D eigenvalue weighted by Crippen LogP contribution is 2.29. The molecule has 1 fully saturated rings. The molecular formula is C15H21N5O3. The Kier molecular flexibility index (Phi) is 4.53. The summed E-state index contributed by atoms with van der Waals surface area (Å²) in [6.07, 6.45) is 0.646. The van der Waals surface area contributed by atoms with Crippen LogP contribution in [0.2, 0.25) is 0 Å². The van der Waals surface area contributed by atoms with Crippen LogP contribution < -0.4 is 5.56 Å². The number of H-pyrrole nitrogens is 1. The van der Waals surface area contributed by atoms with Crippen molar-refractivity contribution < 1.29 is 9.26 Å². The van der Waals surface area contributed by atoms with Crippen LogP contribution >= 0.6 is 0 Å². The van der Waals surface area contributed by atoms with E-state index in [0.717, 1.165) is 12.1 Å². The minimum Gasteiger partial charge on any atom is -0.375 e. The van der Waals surface area contributed by atoms with Crippen molar-refractivity contribution in [3.8, 4) is 0 Å². The van der Waals surface area contributed by atoms with Gasteiger partial charge < -0.3 is 14.2 Å². The number of hydrogen-bond acceptors (Lipinski definition) is 7. The Morgan fingerprint density at radius 1 is 1.43 bits per heavy atom. The molecule has 3 heterocycles. The molecule has 8 nitrogen and oxygen atoms in total. The Bertz CT molecular complexity index is 726. The monoisotopic (exact) mass is 319 g/mol. The Morgan fingerprint density at radius 2 is 2.26 bits per heavy atom. The summed E-state index contributed by atoms with van der Waals surface area (Å²) in [5.41, 5.74) is 0.661. The van der Waals surface area contributed by atoms with Crippen LogP contribution in [-0.4, -0.2) is 44.3 Å². The van der Waals surface area contributed by atoms with Crippen molar-refractivity contribution in [2.24, 2.45) is 0 Å². The average molecular weight is 319 g/mol. The zero-order chi connectivity index (χ0) is 16.4. The third kappa shape index (κ3) is 3.48. The van der Waals surface area contributed by atoms with Gasteiger partial charge in [-0.15, -0.1) is 0 Å². The molecule has 0 aliphatic carbocycles. The van der Waals surface area contributed by atoms with E-state index in [1.165, 1.54) is 6.07 Å². The number of nitrogens with one attached hydrogen (secondary N) is 1. The molecule has 0 aromatic carbocycles. The van der Waals surface area contributed by atoms with Gasteiger partial charge in [-0.25, -0.2) is 4.98 Å². The van der Waals surface area contributed by atoms with Gasteiger partial charge in [-0.05, 0) is 20.3 Å². The zero-order valence-electron chi connectivity index (χ0n) is 13.6. The number of aromatic amines is 1. The van der Waals surface area contributed by atoms with Crippen molar-refractivity contribution in [2.75, 3.05) is 13.2 Å². The van der Waals surface area contributed by atoms with Crippen LogP contribution in [0.3, 0.4) is 0 Å². The van der Waals surface area contributed by atoms with E-state index in [1.807, 2.05) is 13.8 Å². The molecule has 1 aliphatic rings. The minimum atomic E-state index is -0.152. The first kappa shape index (κ1) is 15.8. The highest BCUT2D eigenvalue weighted by atomic mass is 16.5. The van der Waals surface area contributed by atoms with E-state index < -0.39 is 0 Å². The molecule has 23 heavy (non-hydrogen) atoms. The maximum absolute atomic E-state index is 11.8. The molecule has 2 aromatic heterocycles. The van der Waals surface area contributed by atoms with Crippen molar-refractivity contribution in [3.63, 3.8) is 0 Å². The second-order valence-electron chi connectivity index (χ2n) is 5.71. The molecule has 1 aliphatic heterocycles. The third-order valence-corrected chi connectivity index (χ3v) is 3.95. The highest BCUT2D eigenvalue weighted by molar-refractivity contribution is 5.04. The van der Waals surface area contributed by atoms with Gasteiger partial charge >= 0.3 is 0 Å². The lowest BCUT2D eigenvalue weighted by Gasteiger charge is -2.37. The first-order valence-electron chi connectivity index (χ1n) is 7.81. The van der Waals surface area contributed by atoms with E-state index in [1.54, 1.807) is 6.92 Å². The predicted octanol–water partition coefficient (Wildman–Crippen LogP) is 0.986. The zero-order valence-corrected chi connectivity index (χ0v) is 13.6. The fraction of sp³-hybridized carbons (Fsp3) is 0.600. The average Bonchev–Trinajstić information content (AvgIpc) is 2.93. The first-order chi connectivity index (χ1) is 11.1. The highest BCUT2D eigenvalue weighted by Gasteiger charge is 2.35. The molecule has 2 aromatic rings. The van der Waals surface area contributed by atoms with Crippen LogP contribution in [0.1, 0.15) is 43.1 Å². The second kappa shape index (κ2) is 6.59. The predicted molar refractivity (Wildman–Crippen MR) is 81.8 cm³/mol. The quantitative estimate of drug-likeness (QED) is 0.897. The molecular weight excluding hydrogens is 298 g/mol. The lowest BCUT2D eigenvalue weighted by Crippen LogP contribution is -2.44. The van der Waals surface area contributed by atoms with Crippen LogP contribution in [0.4, 0.5) is 0 Å². The van der Waals surface area contributed by atoms with Gasteiger partial charge in [0.05, 0.1) is 19.3 Å². The van der Waals surface area contributed by atoms with Crippen LogP contribution in [0, 0.1) is 6.92 Å². The summed E-state index contributed by atoms with van der Waals surface area (Å²) >= 11 is 0. The standard InChI is InChI=1S/C15H21N5O3/c1-4-11-7-13(21)18-12(17-11)8-20-5-6-22-9(2)14(20)15-16-10(3)19-23-15/h7,9,14H,4-6,8H2,1-3H3,(H,17,18,21)/t9-,14+/m1/s1. The molecule has 0 bridgehead atoms. The summed E-state index contributed by atoms with van der Waals surface area (Å²) in [7, 11) is 0. The number of nitrogens with zero attached hydrogens (tertiary/aromatic N) is 4. The van der Waals surface area contributed by atoms with E-state index in [0.29, 0.717) is 37.2 Å². The van der Waals surface area contributed by atoms with E-state index in [9.17, 15) is 4.79 Å². The summed E-state index contributed by atoms with van der Waals surface area (Å²) in [5, 5.41) is 3.87. The Hall–Kier alpha value is -2.06. The number of morpholine rings is 1. The maximum atomic E-state index is 11.8. The molecule has 0 saturated carbocycles. The molecule has 0 spiro atoms. The molecule has 0 unspecified atom stereocenters. The molecule has 1 N–H and O–H groups in total. The largest absolute Gasteiger partial charge is 0.375 e. The van der Waals surface area contributed by atoms with Crippen LogP contribution in [0.25, 0.3) is 0 Å². The SMILES string of the molecule is CCc1cc(=O)[nH]c(CN2CCO[C@H](C)[C@H]2c2nc(C)no2)n1. The van der Waals surface area contributed by atoms with Crippen LogP contribution in [0.5, 0.6) is 0 Å². The van der Waals surface area contributed by atoms with Crippen LogP contribution in [-0.2, 0) is 17.7 Å². The summed E-state index contributed by atoms with van der Waals surface area (Å²) in [4.78, 5) is 25.5. The molecule has 124 valence electrons. The van der Waals surface area contributed by atoms with Gasteiger partial charge in [-0.2, -0.15) is 4.98 Å². The van der Waals surface area contributed by atoms with Crippen molar-refractivity contribution in [2.45, 2.75) is 45.9 Å². The molecule has 0 radical (unpaired) electrons. The molecule has 1 saturated heterocycles. The van der Waals surface area contributed by atoms with Gasteiger partial charge in [-0.1, -0.05) is 12.1 Å². The molecule has 8 heteroatoms. The lowest BCUT2D eigenvalue weighted by atomic mass is 10.1. The number of rotatable bonds is 4. The first-order valence-corrected chi connectivity index (χ1v) is 7.81. The summed E-state index contributed by atoms with van der Waals surface area (Å²) in [6.45, 7) is 7.57. The Morgan fingerprint density at radius 3 is 2.96 bits per heavy atom. The summed E-state index contributed by atoms with van der Waals surface area (Å²) in [6, 6.07) is 1.38. The van der Waals surface area contributed by atoms with Crippen molar-refractivity contribution >= 4 is 0 Å². The molecule has 2 atom stereocenters. The second-order valence-corrected chi connectivity index (χ2v) is 5.71. The van der Waals surface area contributed by atoms with Crippen LogP contribution in [0.15, 0.2) is 15.4 Å². The number of aromatic nitrogens is 4. The van der Waals surface area contributed by atoms with E-state index >= 15 is 0 Å². The van der Waals surface area contributed by atoms with E-state index in [4.69, 9.17) is 9.26 Å². The topological polar surface area (TPSA) is 97.1 Å². The van der Waals surface area contributed by atoms with Gasteiger partial charge in [0.25, 0.3) is 5.56 Å². The van der Waals surface area contributed by atoms with Crippen molar-refractivity contribution in [1.82, 2.24) is 25.0 Å². The van der Waals surface area contributed by atoms with Gasteiger partial charge in [0.1, 0.15) is 11.9 Å². The van der Waals surface area contributed by atoms with E-state index in [-0.39, 0.29) is 17.7 Å². The van der Waals surface area contributed by atoms with Gasteiger partial charge in [0.15, 0.2) is 5.82 Å². The Balaban J connectivity index is 1.87. The normalized spacial score (nSPS) is 22.4. The smallest absolute Gasteiger partial charge is 0.251 e. The molecule has 3 rings (SSSR count). The van der Waals surface area contributed by atoms with Crippen molar-refractivity contribution in [3.05, 3.63) is 39.7 Å². The lowest BCUT2D eigenvalue weighted by molar-refractivity contribution is -0.0771. The van der Waals surface area contributed by atoms with Gasteiger partial charge in [0.2, 0.25) is 5.89 Å². The fourth-order valence-corrected chi connectivity index (χ4v) is 2.86.